The Labute approximate surface area is 209 Å². The van der Waals surface area contributed by atoms with Gasteiger partial charge in [0.2, 0.25) is 0 Å². The van der Waals surface area contributed by atoms with Gasteiger partial charge in [0.05, 0.1) is 18.4 Å². The summed E-state index contributed by atoms with van der Waals surface area (Å²) in [5, 5.41) is 6.19. The molecule has 0 amide bonds. The number of nitrogens with one attached hydrogen (secondary N) is 2. The molecule has 0 spiro atoms. The molecule has 1 atom stereocenters. The maximum Gasteiger partial charge on any atom is 0.149 e. The number of anilines is 2. The molecule has 5 rings (SSSR count). The number of halogens is 2. The van der Waals surface area contributed by atoms with Crippen molar-refractivity contribution < 1.29 is 8.78 Å². The molecule has 1 aliphatic carbocycles. The number of nitrogens with zero attached hydrogens (tertiary/aromatic N) is 5. The molecule has 2 aromatic heterocycles. The van der Waals surface area contributed by atoms with Gasteiger partial charge in [-0.05, 0) is 73.8 Å². The van der Waals surface area contributed by atoms with Crippen LogP contribution in [0.25, 0.3) is 0 Å². The van der Waals surface area contributed by atoms with Gasteiger partial charge in [-0.1, -0.05) is 6.07 Å². The summed E-state index contributed by atoms with van der Waals surface area (Å²) < 4.78 is 28.2. The number of para-hydroxylation sites is 1. The van der Waals surface area contributed by atoms with Crippen LogP contribution >= 0.6 is 0 Å². The number of aromatic nitrogens is 2. The quantitative estimate of drug-likeness (QED) is 0.346. The Kier molecular flexibility index (Phi) is 6.99. The molecule has 3 heterocycles. The zero-order chi connectivity index (χ0) is 25.1. The van der Waals surface area contributed by atoms with Crippen LogP contribution in [0, 0.1) is 11.6 Å². The first-order valence-electron chi connectivity index (χ1n) is 12.1. The summed E-state index contributed by atoms with van der Waals surface area (Å²) in [6.07, 6.45) is 8.55. The molecule has 1 unspecified atom stereocenters. The van der Waals surface area contributed by atoms with E-state index in [0.29, 0.717) is 24.3 Å². The molecule has 1 saturated carbocycles. The molecule has 1 saturated heterocycles. The third-order valence-corrected chi connectivity index (χ3v) is 6.73. The second-order valence-corrected chi connectivity index (χ2v) is 9.22. The fourth-order valence-corrected chi connectivity index (χ4v) is 4.59. The smallest absolute Gasteiger partial charge is 0.149 e. The van der Waals surface area contributed by atoms with Crippen LogP contribution in [-0.4, -0.2) is 53.6 Å². The van der Waals surface area contributed by atoms with Crippen molar-refractivity contribution in [2.75, 3.05) is 25.5 Å². The molecule has 9 heteroatoms. The molecule has 0 radical (unpaired) electrons. The lowest BCUT2D eigenvalue weighted by molar-refractivity contribution is 0.388. The summed E-state index contributed by atoms with van der Waals surface area (Å²) >= 11 is 0. The van der Waals surface area contributed by atoms with Crippen molar-refractivity contribution in [1.29, 1.82) is 0 Å². The van der Waals surface area contributed by atoms with Gasteiger partial charge in [-0.2, -0.15) is 0 Å². The summed E-state index contributed by atoms with van der Waals surface area (Å²) in [6.45, 7) is 5.99. The van der Waals surface area contributed by atoms with E-state index in [-0.39, 0.29) is 5.69 Å². The summed E-state index contributed by atoms with van der Waals surface area (Å²) in [5.74, 6) is 0.300. The van der Waals surface area contributed by atoms with E-state index < -0.39 is 11.6 Å². The molecular formula is C27H29F2N7. The van der Waals surface area contributed by atoms with E-state index in [2.05, 4.69) is 44.3 Å². The van der Waals surface area contributed by atoms with E-state index >= 15 is 0 Å². The molecular weight excluding hydrogens is 460 g/mol. The number of hydrogen-bond acceptors (Lipinski definition) is 6. The van der Waals surface area contributed by atoms with Gasteiger partial charge >= 0.3 is 0 Å². The zero-order valence-corrected chi connectivity index (χ0v) is 20.2. The second kappa shape index (κ2) is 10.5. The summed E-state index contributed by atoms with van der Waals surface area (Å²) in [6, 6.07) is 7.65. The largest absolute Gasteiger partial charge is 0.355 e. The maximum absolute atomic E-state index is 14.1. The van der Waals surface area contributed by atoms with Crippen LogP contribution in [-0.2, 0) is 6.54 Å². The standard InChI is InChI=1S/C27H29F2N7/c1-30-23-16-32-15-20(18-6-7-18)25(23)27(36(2)19-9-10-31-14-19)34-13-17-8-11-33-24(12-17)35-26-21(28)4-3-5-22(26)29/h3-5,8,11-12,15-16,18-19,31H,1,6-7,9-10,13-14H2,2H3,(H,33,35). The van der Waals surface area contributed by atoms with Crippen molar-refractivity contribution in [2.24, 2.45) is 9.98 Å². The molecule has 1 aliphatic heterocycles. The number of amidine groups is 1. The molecule has 7 nitrogen and oxygen atoms in total. The highest BCUT2D eigenvalue weighted by atomic mass is 19.1. The number of rotatable bonds is 8. The average Bonchev–Trinajstić information content (AvgIpc) is 3.59. The van der Waals surface area contributed by atoms with E-state index in [0.717, 1.165) is 60.6 Å². The molecule has 0 bridgehead atoms. The van der Waals surface area contributed by atoms with Crippen molar-refractivity contribution >= 4 is 29.7 Å². The number of hydrogen-bond donors (Lipinski definition) is 2. The van der Waals surface area contributed by atoms with Crippen LogP contribution in [0.15, 0.2) is 58.9 Å². The van der Waals surface area contributed by atoms with Gasteiger partial charge in [0, 0.05) is 37.6 Å². The third kappa shape index (κ3) is 5.11. The topological polar surface area (TPSA) is 77.8 Å². The van der Waals surface area contributed by atoms with Crippen LogP contribution < -0.4 is 10.6 Å². The molecule has 3 aromatic rings. The van der Waals surface area contributed by atoms with Crippen LogP contribution in [0.2, 0.25) is 0 Å². The molecule has 186 valence electrons. The number of benzene rings is 1. The van der Waals surface area contributed by atoms with E-state index in [1.165, 1.54) is 18.2 Å². The Morgan fingerprint density at radius 3 is 2.69 bits per heavy atom. The SMILES string of the molecule is C=Nc1cncc(C2CC2)c1C(=NCc1ccnc(Nc2c(F)cccc2F)c1)N(C)C1CCNC1. The second-order valence-electron chi connectivity index (χ2n) is 9.22. The minimum absolute atomic E-state index is 0.229. The highest BCUT2D eigenvalue weighted by Gasteiger charge is 2.32. The van der Waals surface area contributed by atoms with Crippen molar-refractivity contribution in [3.05, 3.63) is 77.2 Å². The summed E-state index contributed by atoms with van der Waals surface area (Å²) in [4.78, 5) is 20.2. The van der Waals surface area contributed by atoms with E-state index in [9.17, 15) is 8.78 Å². The van der Waals surface area contributed by atoms with Crippen molar-refractivity contribution in [1.82, 2.24) is 20.2 Å². The Morgan fingerprint density at radius 1 is 1.19 bits per heavy atom. The van der Waals surface area contributed by atoms with Crippen LogP contribution in [0.3, 0.4) is 0 Å². The summed E-state index contributed by atoms with van der Waals surface area (Å²) in [7, 11) is 2.07. The molecule has 2 fully saturated rings. The van der Waals surface area contributed by atoms with Crippen LogP contribution in [0.4, 0.5) is 26.0 Å². The average molecular weight is 490 g/mol. The predicted octanol–water partition coefficient (Wildman–Crippen LogP) is 4.95. The van der Waals surface area contributed by atoms with Crippen LogP contribution in [0.1, 0.15) is 41.9 Å². The fraction of sp³-hybridized carbons (Fsp3) is 0.333. The predicted molar refractivity (Wildman–Crippen MR) is 139 cm³/mol. The minimum atomic E-state index is -0.677. The zero-order valence-electron chi connectivity index (χ0n) is 20.2. The molecule has 36 heavy (non-hydrogen) atoms. The first kappa shape index (κ1) is 24.0. The fourth-order valence-electron chi connectivity index (χ4n) is 4.59. The lowest BCUT2D eigenvalue weighted by atomic mass is 10.0. The molecule has 2 N–H and O–H groups in total. The van der Waals surface area contributed by atoms with Gasteiger partial charge in [0.1, 0.15) is 29.0 Å². The maximum atomic E-state index is 14.1. The van der Waals surface area contributed by atoms with Crippen molar-refractivity contribution in [2.45, 2.75) is 37.8 Å². The van der Waals surface area contributed by atoms with Gasteiger partial charge in [0.15, 0.2) is 0 Å². The Hall–Kier alpha value is -3.72. The van der Waals surface area contributed by atoms with Gasteiger partial charge < -0.3 is 15.5 Å². The van der Waals surface area contributed by atoms with E-state index in [4.69, 9.17) is 4.99 Å². The number of likely N-dealkylation sites (N-methyl/N-ethyl adjacent to an activating group) is 1. The Bertz CT molecular complexity index is 1260. The molecule has 2 aliphatic rings. The van der Waals surface area contributed by atoms with E-state index in [1.54, 1.807) is 18.5 Å². The lowest BCUT2D eigenvalue weighted by Gasteiger charge is -2.29. The third-order valence-electron chi connectivity index (χ3n) is 6.73. The first-order valence-corrected chi connectivity index (χ1v) is 12.1. The van der Waals surface area contributed by atoms with Crippen molar-refractivity contribution in [3.8, 4) is 0 Å². The number of pyridine rings is 2. The Morgan fingerprint density at radius 2 is 2.00 bits per heavy atom. The highest BCUT2D eigenvalue weighted by Crippen LogP contribution is 2.43. The van der Waals surface area contributed by atoms with Gasteiger partial charge in [0.25, 0.3) is 0 Å². The Balaban J connectivity index is 1.48. The summed E-state index contributed by atoms with van der Waals surface area (Å²) in [5.41, 5.74) is 3.49. The highest BCUT2D eigenvalue weighted by molar-refractivity contribution is 6.04. The van der Waals surface area contributed by atoms with Gasteiger partial charge in [-0.3, -0.25) is 15.0 Å². The van der Waals surface area contributed by atoms with Crippen molar-refractivity contribution in [3.63, 3.8) is 0 Å². The van der Waals surface area contributed by atoms with Gasteiger partial charge in [-0.25, -0.2) is 13.8 Å². The minimum Gasteiger partial charge on any atom is -0.355 e. The number of aliphatic imine (C=N–C) groups is 2. The monoisotopic (exact) mass is 489 g/mol. The lowest BCUT2D eigenvalue weighted by Crippen LogP contribution is -2.39. The van der Waals surface area contributed by atoms with Crippen LogP contribution in [0.5, 0.6) is 0 Å². The first-order chi connectivity index (χ1) is 17.5. The molecule has 1 aromatic carbocycles. The van der Waals surface area contributed by atoms with E-state index in [1.807, 2.05) is 12.3 Å². The van der Waals surface area contributed by atoms with Gasteiger partial charge in [-0.15, -0.1) is 0 Å². The normalized spacial score (nSPS) is 17.8.